The van der Waals surface area contributed by atoms with Crippen molar-refractivity contribution in [2.24, 2.45) is 5.73 Å². The van der Waals surface area contributed by atoms with Gasteiger partial charge in [0.1, 0.15) is 0 Å². The Labute approximate surface area is 100 Å². The Morgan fingerprint density at radius 3 is 3.06 bits per heavy atom. The number of unbranched alkanes of at least 4 members (excludes halogenated alkanes) is 1. The smallest absolute Gasteiger partial charge is 0.242 e. The molecule has 1 rings (SSSR count). The predicted octanol–water partition coefficient (Wildman–Crippen LogP) is 2.19. The number of nitrogens with zero attached hydrogens (tertiary/aromatic N) is 1. The van der Waals surface area contributed by atoms with E-state index in [1.54, 1.807) is 18.3 Å². The number of carbonyl (C=O) groups is 1. The molecule has 0 fully saturated rings. The summed E-state index contributed by atoms with van der Waals surface area (Å²) in [5.41, 5.74) is 5.72. The number of nitrogens with one attached hydrogen (secondary N) is 1. The summed E-state index contributed by atoms with van der Waals surface area (Å²) in [4.78, 5) is 15.6. The molecule has 1 aromatic rings. The first-order valence-corrected chi connectivity index (χ1v) is 5.70. The lowest BCUT2D eigenvalue weighted by Crippen LogP contribution is -2.35. The lowest BCUT2D eigenvalue weighted by molar-refractivity contribution is -0.117. The highest BCUT2D eigenvalue weighted by molar-refractivity contribution is 6.33. The summed E-state index contributed by atoms with van der Waals surface area (Å²) in [6, 6.07) is 2.87. The predicted molar refractivity (Wildman–Crippen MR) is 65.4 cm³/mol. The minimum absolute atomic E-state index is 0.242. The molecule has 1 aromatic heterocycles. The molecule has 1 atom stereocenters. The van der Waals surface area contributed by atoms with Gasteiger partial charge < -0.3 is 11.1 Å². The number of anilines is 1. The minimum Gasteiger partial charge on any atom is -0.320 e. The second kappa shape index (κ2) is 6.45. The Bertz CT molecular complexity index is 357. The van der Waals surface area contributed by atoms with Crippen molar-refractivity contribution in [1.82, 2.24) is 4.98 Å². The van der Waals surface area contributed by atoms with E-state index < -0.39 is 6.04 Å². The van der Waals surface area contributed by atoms with Gasteiger partial charge in [-0.05, 0) is 18.6 Å². The monoisotopic (exact) mass is 241 g/mol. The molecule has 0 saturated carbocycles. The fraction of sp³-hybridized carbons (Fsp3) is 0.455. The fourth-order valence-electron chi connectivity index (χ4n) is 1.24. The largest absolute Gasteiger partial charge is 0.320 e. The van der Waals surface area contributed by atoms with Crippen molar-refractivity contribution in [3.05, 3.63) is 23.4 Å². The Kier molecular flexibility index (Phi) is 5.22. The number of pyridine rings is 1. The molecule has 1 heterocycles. The summed E-state index contributed by atoms with van der Waals surface area (Å²) in [5.74, 6) is 0.121. The topological polar surface area (TPSA) is 68.0 Å². The second-order valence-electron chi connectivity index (χ2n) is 3.57. The van der Waals surface area contributed by atoms with E-state index in [-0.39, 0.29) is 5.91 Å². The molecular weight excluding hydrogens is 226 g/mol. The van der Waals surface area contributed by atoms with Gasteiger partial charge in [-0.25, -0.2) is 4.98 Å². The van der Waals surface area contributed by atoms with Crippen LogP contribution in [0.3, 0.4) is 0 Å². The van der Waals surface area contributed by atoms with E-state index in [0.29, 0.717) is 17.3 Å². The molecule has 1 unspecified atom stereocenters. The summed E-state index contributed by atoms with van der Waals surface area (Å²) >= 11 is 5.86. The number of amides is 1. The molecule has 0 aliphatic carbocycles. The van der Waals surface area contributed by atoms with Gasteiger partial charge in [0.05, 0.1) is 11.1 Å². The van der Waals surface area contributed by atoms with Crippen LogP contribution in [0.5, 0.6) is 0 Å². The van der Waals surface area contributed by atoms with Crippen molar-refractivity contribution in [3.8, 4) is 0 Å². The van der Waals surface area contributed by atoms with Crippen LogP contribution in [-0.4, -0.2) is 16.9 Å². The lowest BCUT2D eigenvalue weighted by atomic mass is 10.1. The maximum atomic E-state index is 11.6. The summed E-state index contributed by atoms with van der Waals surface area (Å²) in [6.07, 6.45) is 4.20. The van der Waals surface area contributed by atoms with E-state index in [9.17, 15) is 4.79 Å². The number of hydrogen-bond donors (Lipinski definition) is 2. The van der Waals surface area contributed by atoms with E-state index >= 15 is 0 Å². The van der Waals surface area contributed by atoms with Crippen LogP contribution in [0.25, 0.3) is 0 Å². The molecule has 0 radical (unpaired) electrons. The van der Waals surface area contributed by atoms with Crippen LogP contribution >= 0.6 is 11.6 Å². The van der Waals surface area contributed by atoms with Gasteiger partial charge in [0, 0.05) is 6.20 Å². The van der Waals surface area contributed by atoms with Crippen molar-refractivity contribution in [1.29, 1.82) is 0 Å². The summed E-state index contributed by atoms with van der Waals surface area (Å²) in [6.45, 7) is 2.06. The van der Waals surface area contributed by atoms with E-state index in [2.05, 4.69) is 17.2 Å². The third-order valence-electron chi connectivity index (χ3n) is 2.21. The normalized spacial score (nSPS) is 12.2. The first-order valence-electron chi connectivity index (χ1n) is 5.32. The third kappa shape index (κ3) is 3.79. The highest BCUT2D eigenvalue weighted by Gasteiger charge is 2.14. The number of rotatable bonds is 5. The third-order valence-corrected chi connectivity index (χ3v) is 2.51. The van der Waals surface area contributed by atoms with Crippen LogP contribution in [-0.2, 0) is 4.79 Å². The number of hydrogen-bond acceptors (Lipinski definition) is 3. The van der Waals surface area contributed by atoms with Crippen LogP contribution < -0.4 is 11.1 Å². The molecule has 0 bridgehead atoms. The van der Waals surface area contributed by atoms with Gasteiger partial charge in [-0.15, -0.1) is 0 Å². The Balaban J connectivity index is 2.54. The molecule has 1 amide bonds. The molecule has 0 aliphatic heterocycles. The molecular formula is C11H16ClN3O. The zero-order valence-corrected chi connectivity index (χ0v) is 10.00. The summed E-state index contributed by atoms with van der Waals surface area (Å²) in [7, 11) is 0. The van der Waals surface area contributed by atoms with Gasteiger partial charge in [0.2, 0.25) is 5.91 Å². The van der Waals surface area contributed by atoms with Gasteiger partial charge in [0.25, 0.3) is 0 Å². The molecule has 16 heavy (non-hydrogen) atoms. The van der Waals surface area contributed by atoms with Crippen LogP contribution in [0, 0.1) is 0 Å². The van der Waals surface area contributed by atoms with E-state index in [0.717, 1.165) is 12.8 Å². The first-order chi connectivity index (χ1) is 7.65. The fourth-order valence-corrected chi connectivity index (χ4v) is 1.41. The summed E-state index contributed by atoms with van der Waals surface area (Å²) < 4.78 is 0. The van der Waals surface area contributed by atoms with Crippen molar-refractivity contribution >= 4 is 23.3 Å². The van der Waals surface area contributed by atoms with Crippen molar-refractivity contribution in [3.63, 3.8) is 0 Å². The van der Waals surface area contributed by atoms with Gasteiger partial charge in [-0.3, -0.25) is 4.79 Å². The zero-order chi connectivity index (χ0) is 12.0. The molecule has 4 nitrogen and oxygen atoms in total. The van der Waals surface area contributed by atoms with Gasteiger partial charge in [0.15, 0.2) is 5.82 Å². The van der Waals surface area contributed by atoms with E-state index in [1.165, 1.54) is 0 Å². The number of nitrogens with two attached hydrogens (primary N) is 1. The standard InChI is InChI=1S/C11H16ClN3O/c1-2-3-6-9(13)11(16)15-10-8(12)5-4-7-14-10/h4-5,7,9H,2-3,6,13H2,1H3,(H,14,15,16). The van der Waals surface area contributed by atoms with Gasteiger partial charge in [-0.1, -0.05) is 31.4 Å². The molecule has 0 spiro atoms. The molecule has 0 aromatic carbocycles. The van der Waals surface area contributed by atoms with E-state index in [4.69, 9.17) is 17.3 Å². The minimum atomic E-state index is -0.502. The number of carbonyl (C=O) groups excluding carboxylic acids is 1. The van der Waals surface area contributed by atoms with Crippen molar-refractivity contribution in [2.75, 3.05) is 5.32 Å². The average Bonchev–Trinajstić information content (AvgIpc) is 2.28. The number of aromatic nitrogens is 1. The molecule has 88 valence electrons. The van der Waals surface area contributed by atoms with Gasteiger partial charge in [-0.2, -0.15) is 0 Å². The number of halogens is 1. The summed E-state index contributed by atoms with van der Waals surface area (Å²) in [5, 5.41) is 3.03. The molecule has 0 saturated heterocycles. The lowest BCUT2D eigenvalue weighted by Gasteiger charge is -2.11. The highest BCUT2D eigenvalue weighted by Crippen LogP contribution is 2.17. The van der Waals surface area contributed by atoms with Gasteiger partial charge >= 0.3 is 0 Å². The van der Waals surface area contributed by atoms with Crippen LogP contribution in [0.1, 0.15) is 26.2 Å². The van der Waals surface area contributed by atoms with Crippen LogP contribution in [0.4, 0.5) is 5.82 Å². The first kappa shape index (κ1) is 12.9. The Morgan fingerprint density at radius 2 is 2.44 bits per heavy atom. The zero-order valence-electron chi connectivity index (χ0n) is 9.24. The SMILES string of the molecule is CCCCC(N)C(=O)Nc1ncccc1Cl. The Hall–Kier alpha value is -1.13. The van der Waals surface area contributed by atoms with Crippen LogP contribution in [0.15, 0.2) is 18.3 Å². The molecule has 5 heteroatoms. The Morgan fingerprint density at radius 1 is 1.69 bits per heavy atom. The van der Waals surface area contributed by atoms with Crippen LogP contribution in [0.2, 0.25) is 5.02 Å². The van der Waals surface area contributed by atoms with Crippen molar-refractivity contribution < 1.29 is 4.79 Å². The quantitative estimate of drug-likeness (QED) is 0.830. The molecule has 0 aliphatic rings. The second-order valence-corrected chi connectivity index (χ2v) is 3.98. The highest BCUT2D eigenvalue weighted by atomic mass is 35.5. The molecule has 3 N–H and O–H groups in total. The maximum Gasteiger partial charge on any atom is 0.242 e. The van der Waals surface area contributed by atoms with Crippen molar-refractivity contribution in [2.45, 2.75) is 32.2 Å². The average molecular weight is 242 g/mol. The van der Waals surface area contributed by atoms with E-state index in [1.807, 2.05) is 0 Å². The maximum absolute atomic E-state index is 11.6.